The Morgan fingerprint density at radius 1 is 1.16 bits per heavy atom. The van der Waals surface area contributed by atoms with Crippen LogP contribution in [0.25, 0.3) is 0 Å². The summed E-state index contributed by atoms with van der Waals surface area (Å²) in [5.74, 6) is -0.125. The van der Waals surface area contributed by atoms with Crippen molar-refractivity contribution in [2.45, 2.75) is 44.7 Å². The van der Waals surface area contributed by atoms with Crippen molar-refractivity contribution >= 4 is 27.5 Å². The summed E-state index contributed by atoms with van der Waals surface area (Å²) in [4.78, 5) is 26.3. The standard InChI is InChI=1S/C23H29N3O5S/c1-15(2)22(23(28)24-14-18-7-5-6-8-21(18)31-4)25-32(29,30)19-9-10-20-17(13-19)11-12-26(20)16(3)27/h5-10,13,15,22,25H,11-12,14H2,1-4H3,(H,24,28)/t22-/m1/s1. The van der Waals surface area contributed by atoms with Gasteiger partial charge in [0.25, 0.3) is 0 Å². The molecular weight excluding hydrogens is 430 g/mol. The molecule has 0 aromatic heterocycles. The van der Waals surface area contributed by atoms with Gasteiger partial charge in [0.1, 0.15) is 11.8 Å². The van der Waals surface area contributed by atoms with Gasteiger partial charge in [-0.3, -0.25) is 9.59 Å². The maximum Gasteiger partial charge on any atom is 0.241 e. The third-order valence-corrected chi connectivity index (χ3v) is 6.95. The van der Waals surface area contributed by atoms with Crippen LogP contribution in [0.2, 0.25) is 0 Å². The lowest BCUT2D eigenvalue weighted by Gasteiger charge is -2.22. The fourth-order valence-electron chi connectivity index (χ4n) is 3.74. The van der Waals surface area contributed by atoms with Crippen molar-refractivity contribution in [3.05, 3.63) is 53.6 Å². The molecule has 3 rings (SSSR count). The average Bonchev–Trinajstić information content (AvgIpc) is 3.19. The van der Waals surface area contributed by atoms with E-state index < -0.39 is 22.0 Å². The zero-order chi connectivity index (χ0) is 23.5. The first kappa shape index (κ1) is 23.7. The second-order valence-corrected chi connectivity index (χ2v) is 9.80. The highest BCUT2D eigenvalue weighted by molar-refractivity contribution is 7.89. The number of fused-ring (bicyclic) bond motifs is 1. The minimum Gasteiger partial charge on any atom is -0.496 e. The predicted molar refractivity (Wildman–Crippen MR) is 122 cm³/mol. The molecule has 2 aromatic rings. The Balaban J connectivity index is 1.75. The second-order valence-electron chi connectivity index (χ2n) is 8.08. The first-order chi connectivity index (χ1) is 15.1. The molecule has 32 heavy (non-hydrogen) atoms. The van der Waals surface area contributed by atoms with Gasteiger partial charge in [0.2, 0.25) is 21.8 Å². The first-order valence-electron chi connectivity index (χ1n) is 10.5. The van der Waals surface area contributed by atoms with Crippen LogP contribution >= 0.6 is 0 Å². The second kappa shape index (κ2) is 9.70. The molecule has 0 saturated carbocycles. The van der Waals surface area contributed by atoms with Gasteiger partial charge in [-0.05, 0) is 42.2 Å². The molecule has 8 nitrogen and oxygen atoms in total. The Bertz CT molecular complexity index is 1110. The number of para-hydroxylation sites is 1. The molecule has 0 spiro atoms. The number of anilines is 1. The number of hydrogen-bond acceptors (Lipinski definition) is 5. The molecule has 1 heterocycles. The quantitative estimate of drug-likeness (QED) is 0.630. The number of benzene rings is 2. The minimum absolute atomic E-state index is 0.0739. The lowest BCUT2D eigenvalue weighted by atomic mass is 10.0. The van der Waals surface area contributed by atoms with Gasteiger partial charge in [-0.15, -0.1) is 0 Å². The zero-order valence-electron chi connectivity index (χ0n) is 18.7. The molecule has 2 aromatic carbocycles. The SMILES string of the molecule is COc1ccccc1CNC(=O)[C@H](NS(=O)(=O)c1ccc2c(c1)CCN2C(C)=O)C(C)C. The fraction of sp³-hybridized carbons (Fsp3) is 0.391. The summed E-state index contributed by atoms with van der Waals surface area (Å²) in [7, 11) is -2.39. The van der Waals surface area contributed by atoms with Gasteiger partial charge in [-0.25, -0.2) is 8.42 Å². The van der Waals surface area contributed by atoms with E-state index in [0.29, 0.717) is 18.7 Å². The van der Waals surface area contributed by atoms with Crippen molar-refractivity contribution < 1.29 is 22.7 Å². The molecule has 0 unspecified atom stereocenters. The van der Waals surface area contributed by atoms with Crippen LogP contribution < -0.4 is 19.7 Å². The summed E-state index contributed by atoms with van der Waals surface area (Å²) in [6.07, 6.45) is 0.589. The van der Waals surface area contributed by atoms with Gasteiger partial charge in [-0.1, -0.05) is 32.0 Å². The van der Waals surface area contributed by atoms with Gasteiger partial charge in [0.05, 0.1) is 12.0 Å². The maximum atomic E-state index is 13.0. The normalized spacial score (nSPS) is 14.2. The smallest absolute Gasteiger partial charge is 0.241 e. The average molecular weight is 460 g/mol. The van der Waals surface area contributed by atoms with Crippen molar-refractivity contribution in [3.8, 4) is 5.75 Å². The van der Waals surface area contributed by atoms with Crippen LogP contribution in [0.15, 0.2) is 47.4 Å². The van der Waals surface area contributed by atoms with E-state index in [1.165, 1.54) is 13.0 Å². The Morgan fingerprint density at radius 2 is 1.88 bits per heavy atom. The van der Waals surface area contributed by atoms with Gasteiger partial charge in [0.15, 0.2) is 0 Å². The number of ether oxygens (including phenoxy) is 1. The van der Waals surface area contributed by atoms with E-state index in [9.17, 15) is 18.0 Å². The number of methoxy groups -OCH3 is 1. The van der Waals surface area contributed by atoms with Crippen molar-refractivity contribution in [3.63, 3.8) is 0 Å². The Kier molecular flexibility index (Phi) is 7.20. The Hall–Kier alpha value is -2.91. The summed E-state index contributed by atoms with van der Waals surface area (Å²) in [6.45, 7) is 5.79. The lowest BCUT2D eigenvalue weighted by molar-refractivity contribution is -0.123. The van der Waals surface area contributed by atoms with Crippen molar-refractivity contribution in [1.29, 1.82) is 0 Å². The van der Waals surface area contributed by atoms with Crippen LogP contribution in [0.4, 0.5) is 5.69 Å². The third kappa shape index (κ3) is 5.11. The van der Waals surface area contributed by atoms with Crippen LogP contribution in [0, 0.1) is 5.92 Å². The minimum atomic E-state index is -3.94. The van der Waals surface area contributed by atoms with E-state index in [2.05, 4.69) is 10.0 Å². The van der Waals surface area contributed by atoms with Gasteiger partial charge in [-0.2, -0.15) is 4.72 Å². The molecule has 0 radical (unpaired) electrons. The number of rotatable bonds is 8. The number of nitrogens with zero attached hydrogens (tertiary/aromatic N) is 1. The molecule has 0 aliphatic carbocycles. The molecular formula is C23H29N3O5S. The largest absolute Gasteiger partial charge is 0.496 e. The summed E-state index contributed by atoms with van der Waals surface area (Å²) >= 11 is 0. The van der Waals surface area contributed by atoms with E-state index >= 15 is 0 Å². The highest BCUT2D eigenvalue weighted by Crippen LogP contribution is 2.30. The molecule has 172 valence electrons. The topological polar surface area (TPSA) is 105 Å². The van der Waals surface area contributed by atoms with Gasteiger partial charge in [0, 0.05) is 31.3 Å². The molecule has 0 saturated heterocycles. The van der Waals surface area contributed by atoms with Crippen LogP contribution in [0.3, 0.4) is 0 Å². The molecule has 0 fully saturated rings. The number of sulfonamides is 1. The van der Waals surface area contributed by atoms with E-state index in [0.717, 1.165) is 16.8 Å². The van der Waals surface area contributed by atoms with Crippen LogP contribution in [0.1, 0.15) is 31.9 Å². The molecule has 1 aliphatic rings. The van der Waals surface area contributed by atoms with E-state index in [4.69, 9.17) is 4.74 Å². The Morgan fingerprint density at radius 3 is 2.53 bits per heavy atom. The van der Waals surface area contributed by atoms with Gasteiger partial charge < -0.3 is 15.0 Å². The summed E-state index contributed by atoms with van der Waals surface area (Å²) < 4.78 is 33.9. The van der Waals surface area contributed by atoms with Crippen LogP contribution in [-0.2, 0) is 32.6 Å². The monoisotopic (exact) mass is 459 g/mol. The van der Waals surface area contributed by atoms with Crippen molar-refractivity contribution in [2.75, 3.05) is 18.6 Å². The predicted octanol–water partition coefficient (Wildman–Crippen LogP) is 2.22. The molecule has 1 aliphatic heterocycles. The van der Waals surface area contributed by atoms with Crippen molar-refractivity contribution in [1.82, 2.24) is 10.0 Å². The number of hydrogen-bond donors (Lipinski definition) is 2. The molecule has 2 amide bonds. The number of nitrogens with one attached hydrogen (secondary N) is 2. The first-order valence-corrected chi connectivity index (χ1v) is 12.0. The number of amides is 2. The summed E-state index contributed by atoms with van der Waals surface area (Å²) in [5, 5.41) is 2.80. The van der Waals surface area contributed by atoms with E-state index in [-0.39, 0.29) is 23.3 Å². The fourth-order valence-corrected chi connectivity index (χ4v) is 5.14. The maximum absolute atomic E-state index is 13.0. The summed E-state index contributed by atoms with van der Waals surface area (Å²) in [6, 6.07) is 11.0. The molecule has 9 heteroatoms. The highest BCUT2D eigenvalue weighted by atomic mass is 32.2. The number of carbonyl (C=O) groups excluding carboxylic acids is 2. The lowest BCUT2D eigenvalue weighted by Crippen LogP contribution is -2.49. The van der Waals surface area contributed by atoms with Crippen LogP contribution in [-0.4, -0.2) is 39.9 Å². The highest BCUT2D eigenvalue weighted by Gasteiger charge is 2.30. The molecule has 2 N–H and O–H groups in total. The van der Waals surface area contributed by atoms with Gasteiger partial charge >= 0.3 is 0 Å². The molecule has 0 bridgehead atoms. The number of carbonyl (C=O) groups is 2. The molecule has 1 atom stereocenters. The summed E-state index contributed by atoms with van der Waals surface area (Å²) in [5.41, 5.74) is 2.32. The third-order valence-electron chi connectivity index (χ3n) is 5.51. The van der Waals surface area contributed by atoms with Crippen LogP contribution in [0.5, 0.6) is 5.75 Å². The zero-order valence-corrected chi connectivity index (χ0v) is 19.5. The van der Waals surface area contributed by atoms with E-state index in [1.807, 2.05) is 18.2 Å². The van der Waals surface area contributed by atoms with E-state index in [1.54, 1.807) is 44.1 Å². The Labute approximate surface area is 189 Å². The van der Waals surface area contributed by atoms with Crippen molar-refractivity contribution in [2.24, 2.45) is 5.92 Å².